The number of nitrogens with zero attached hydrogens (tertiary/aromatic N) is 6. The van der Waals surface area contributed by atoms with Gasteiger partial charge in [0.15, 0.2) is 26.5 Å². The van der Waals surface area contributed by atoms with Gasteiger partial charge in [0, 0.05) is 20.1 Å². The molecule has 4 heterocycles. The summed E-state index contributed by atoms with van der Waals surface area (Å²) in [5.41, 5.74) is 0.873. The summed E-state index contributed by atoms with van der Waals surface area (Å²) < 4.78 is 6.44. The Labute approximate surface area is 195 Å². The van der Waals surface area contributed by atoms with Gasteiger partial charge in [-0.2, -0.15) is 0 Å². The lowest BCUT2D eigenvalue weighted by atomic mass is 10.2. The van der Waals surface area contributed by atoms with E-state index in [4.69, 9.17) is 24.4 Å². The first-order valence-electron chi connectivity index (χ1n) is 10.6. The second-order valence-electron chi connectivity index (χ2n) is 9.08. The van der Waals surface area contributed by atoms with E-state index in [2.05, 4.69) is 42.6 Å². The number of aromatic nitrogens is 6. The fraction of sp³-hybridized carbons (Fsp3) is 0.550. The maximum Gasteiger partial charge on any atom is 0.279 e. The second kappa shape index (κ2) is 8.00. The molecular formula is C20H28N8O2S2. The molecule has 0 aromatic carbocycles. The van der Waals surface area contributed by atoms with Crippen LogP contribution in [0, 0.1) is 28.3 Å². The van der Waals surface area contributed by atoms with Gasteiger partial charge in [0.1, 0.15) is 18.2 Å². The number of hydrogen-bond donors (Lipinski definition) is 2. The first kappa shape index (κ1) is 22.5. The molecular weight excluding hydrogens is 448 g/mol. The largest absolute Gasteiger partial charge is 0.348 e. The molecule has 1 aliphatic heterocycles. The summed E-state index contributed by atoms with van der Waals surface area (Å²) in [6.07, 6.45) is 0. The molecule has 32 heavy (non-hydrogen) atoms. The van der Waals surface area contributed by atoms with Gasteiger partial charge in [-0.25, -0.2) is 14.7 Å². The number of anilines is 2. The summed E-state index contributed by atoms with van der Waals surface area (Å²) >= 11 is 11.0. The SMILES string of the molecule is Cc1nc2c(=O)[nH]c(=S)n(CC(C)C)c2n1N1CN(C)c2c1n(CC(C)C)c(=S)[nH]c2=O. The van der Waals surface area contributed by atoms with Gasteiger partial charge in [-0.05, 0) is 43.2 Å². The molecule has 3 aromatic heterocycles. The zero-order chi connectivity index (χ0) is 23.5. The molecule has 0 unspecified atom stereocenters. The molecule has 2 N–H and O–H groups in total. The van der Waals surface area contributed by atoms with Crippen LogP contribution in [-0.4, -0.2) is 42.5 Å². The Balaban J connectivity index is 2.10. The van der Waals surface area contributed by atoms with E-state index in [1.165, 1.54) is 0 Å². The van der Waals surface area contributed by atoms with Crippen LogP contribution in [0.4, 0.5) is 11.5 Å². The van der Waals surface area contributed by atoms with Crippen LogP contribution >= 0.6 is 24.4 Å². The first-order chi connectivity index (χ1) is 15.0. The summed E-state index contributed by atoms with van der Waals surface area (Å²) in [7, 11) is 1.86. The monoisotopic (exact) mass is 476 g/mol. The summed E-state index contributed by atoms with van der Waals surface area (Å²) in [5.74, 6) is 1.89. The molecule has 0 saturated carbocycles. The topological polar surface area (TPSA) is 99.9 Å². The molecule has 172 valence electrons. The molecule has 3 aromatic rings. The van der Waals surface area contributed by atoms with Crippen LogP contribution in [0.5, 0.6) is 0 Å². The highest BCUT2D eigenvalue weighted by molar-refractivity contribution is 7.71. The predicted molar refractivity (Wildman–Crippen MR) is 131 cm³/mol. The highest BCUT2D eigenvalue weighted by atomic mass is 32.1. The van der Waals surface area contributed by atoms with Gasteiger partial charge < -0.3 is 14.0 Å². The van der Waals surface area contributed by atoms with Gasteiger partial charge in [0.25, 0.3) is 11.1 Å². The number of nitrogens with one attached hydrogen (secondary N) is 2. The fourth-order valence-corrected chi connectivity index (χ4v) is 4.74. The van der Waals surface area contributed by atoms with Crippen molar-refractivity contribution in [2.75, 3.05) is 23.6 Å². The van der Waals surface area contributed by atoms with E-state index >= 15 is 0 Å². The van der Waals surface area contributed by atoms with E-state index in [-0.39, 0.29) is 11.1 Å². The van der Waals surface area contributed by atoms with E-state index in [0.29, 0.717) is 69.6 Å². The van der Waals surface area contributed by atoms with Crippen molar-refractivity contribution in [2.45, 2.75) is 47.7 Å². The van der Waals surface area contributed by atoms with E-state index in [1.54, 1.807) is 0 Å². The van der Waals surface area contributed by atoms with Gasteiger partial charge in [0.2, 0.25) is 0 Å². The Morgan fingerprint density at radius 1 is 0.969 bits per heavy atom. The fourth-order valence-electron chi connectivity index (χ4n) is 4.24. The van der Waals surface area contributed by atoms with Crippen LogP contribution in [0.25, 0.3) is 11.2 Å². The average Bonchev–Trinajstić information content (AvgIpc) is 3.19. The number of fused-ring (bicyclic) bond motifs is 2. The number of H-pyrrole nitrogens is 2. The molecule has 0 saturated heterocycles. The Bertz CT molecular complexity index is 1440. The van der Waals surface area contributed by atoms with Gasteiger partial charge in [-0.3, -0.25) is 19.6 Å². The van der Waals surface area contributed by atoms with Crippen LogP contribution in [0.1, 0.15) is 33.5 Å². The number of rotatable bonds is 5. The van der Waals surface area contributed by atoms with E-state index in [9.17, 15) is 9.59 Å². The van der Waals surface area contributed by atoms with E-state index in [1.807, 2.05) is 37.7 Å². The van der Waals surface area contributed by atoms with Crippen molar-refractivity contribution in [3.8, 4) is 0 Å². The Kier molecular flexibility index (Phi) is 5.61. The van der Waals surface area contributed by atoms with Crippen molar-refractivity contribution < 1.29 is 0 Å². The van der Waals surface area contributed by atoms with Crippen LogP contribution in [0.3, 0.4) is 0 Å². The predicted octanol–water partition coefficient (Wildman–Crippen LogP) is 2.77. The number of imidazole rings is 1. The smallest absolute Gasteiger partial charge is 0.279 e. The Morgan fingerprint density at radius 2 is 1.53 bits per heavy atom. The third-order valence-electron chi connectivity index (χ3n) is 5.39. The molecule has 10 nitrogen and oxygen atoms in total. The van der Waals surface area contributed by atoms with Crippen molar-refractivity contribution in [2.24, 2.45) is 11.8 Å². The maximum atomic E-state index is 12.9. The van der Waals surface area contributed by atoms with Crippen molar-refractivity contribution in [1.29, 1.82) is 0 Å². The lowest BCUT2D eigenvalue weighted by molar-refractivity contribution is 0.498. The molecule has 0 atom stereocenters. The van der Waals surface area contributed by atoms with Crippen molar-refractivity contribution in [1.82, 2.24) is 28.8 Å². The van der Waals surface area contributed by atoms with Gasteiger partial charge in [-0.15, -0.1) is 0 Å². The van der Waals surface area contributed by atoms with Gasteiger partial charge >= 0.3 is 0 Å². The van der Waals surface area contributed by atoms with Crippen molar-refractivity contribution >= 4 is 47.1 Å². The number of hydrogen-bond acceptors (Lipinski definition) is 7. The molecule has 4 rings (SSSR count). The normalized spacial score (nSPS) is 13.8. The zero-order valence-corrected chi connectivity index (χ0v) is 20.7. The minimum atomic E-state index is -0.329. The Hall–Kier alpha value is -2.73. The number of aryl methyl sites for hydroxylation is 1. The lowest BCUT2D eigenvalue weighted by Crippen LogP contribution is -2.36. The quantitative estimate of drug-likeness (QED) is 0.546. The minimum absolute atomic E-state index is 0.242. The summed E-state index contributed by atoms with van der Waals surface area (Å²) in [6, 6.07) is 0. The lowest BCUT2D eigenvalue weighted by Gasteiger charge is -2.26. The summed E-state index contributed by atoms with van der Waals surface area (Å²) in [4.78, 5) is 37.6. The van der Waals surface area contributed by atoms with Crippen LogP contribution < -0.4 is 21.0 Å². The molecule has 0 amide bonds. The summed E-state index contributed by atoms with van der Waals surface area (Å²) in [5, 5.41) is 1.96. The third kappa shape index (κ3) is 3.51. The van der Waals surface area contributed by atoms with Crippen molar-refractivity contribution in [3.05, 3.63) is 36.1 Å². The average molecular weight is 477 g/mol. The second-order valence-corrected chi connectivity index (χ2v) is 9.86. The van der Waals surface area contributed by atoms with E-state index < -0.39 is 0 Å². The zero-order valence-electron chi connectivity index (χ0n) is 19.1. The van der Waals surface area contributed by atoms with Gasteiger partial charge in [-0.1, -0.05) is 27.7 Å². The molecule has 12 heteroatoms. The minimum Gasteiger partial charge on any atom is -0.348 e. The molecule has 0 bridgehead atoms. The molecule has 0 radical (unpaired) electrons. The first-order valence-corrected chi connectivity index (χ1v) is 11.4. The van der Waals surface area contributed by atoms with Gasteiger partial charge in [0.05, 0.1) is 0 Å². The molecule has 0 spiro atoms. The van der Waals surface area contributed by atoms with Crippen LogP contribution in [-0.2, 0) is 13.1 Å². The number of aromatic amines is 2. The third-order valence-corrected chi connectivity index (χ3v) is 6.03. The summed E-state index contributed by atoms with van der Waals surface area (Å²) in [6.45, 7) is 11.8. The maximum absolute atomic E-state index is 12.9. The van der Waals surface area contributed by atoms with Crippen molar-refractivity contribution in [3.63, 3.8) is 0 Å². The van der Waals surface area contributed by atoms with Crippen LogP contribution in [0.15, 0.2) is 9.59 Å². The van der Waals surface area contributed by atoms with Crippen LogP contribution in [0.2, 0.25) is 0 Å². The highest BCUT2D eigenvalue weighted by Gasteiger charge is 2.34. The van der Waals surface area contributed by atoms with E-state index in [0.717, 1.165) is 0 Å². The standard InChI is InChI=1S/C20H28N8O2S2/c1-10(2)7-25-17-13(15(29)22-19(25)31)21-12(5)28(17)27-9-24(6)14-16(30)23-20(32)26(18(14)27)8-11(3)4/h10-11H,7-9H2,1-6H3,(H,22,29,31)(H,23,30,32). The Morgan fingerprint density at radius 3 is 2.16 bits per heavy atom. The molecule has 1 aliphatic rings. The molecule has 0 fully saturated rings. The molecule has 0 aliphatic carbocycles. The highest BCUT2D eigenvalue weighted by Crippen LogP contribution is 2.34.